The molecule has 0 aliphatic rings. The van der Waals surface area contributed by atoms with Crippen LogP contribution in [0.4, 0.5) is 0 Å². The second kappa shape index (κ2) is 28.9. The van der Waals surface area contributed by atoms with Gasteiger partial charge in [0.25, 0.3) is 0 Å². The molecule has 6 heterocycles. The molecule has 0 saturated heterocycles. The van der Waals surface area contributed by atoms with E-state index in [2.05, 4.69) is 407 Å². The van der Waals surface area contributed by atoms with Gasteiger partial charge in [0, 0.05) is 90.1 Å². The molecule has 0 spiro atoms. The van der Waals surface area contributed by atoms with E-state index in [1.807, 2.05) is 54.6 Å². The van der Waals surface area contributed by atoms with Gasteiger partial charge >= 0.3 is 0 Å². The fourth-order valence-corrected chi connectivity index (χ4v) is 19.1. The average Bonchev–Trinajstić information content (AvgIpc) is 1.58. The predicted octanol–water partition coefficient (Wildman–Crippen LogP) is 32.3. The Morgan fingerprint density at radius 2 is 0.487 bits per heavy atom. The van der Waals surface area contributed by atoms with Crippen LogP contribution in [0.2, 0.25) is 0 Å². The molecule has 24 aromatic rings. The van der Waals surface area contributed by atoms with Gasteiger partial charge in [-0.3, -0.25) is 0 Å². The topological polar surface area (TPSA) is 54.2 Å². The number of nitrogens with zero attached hydrogens (tertiary/aromatic N) is 3. The number of fused-ring (bicyclic) bond motifs is 18. The smallest absolute Gasteiger partial charge is 0.137 e. The highest BCUT2D eigenvalue weighted by atomic mass is 79.9. The predicted molar refractivity (Wildman–Crippen MR) is 500 cm³/mol. The summed E-state index contributed by atoms with van der Waals surface area (Å²) in [4.78, 5) is 0. The van der Waals surface area contributed by atoms with E-state index < -0.39 is 0 Å². The largest absolute Gasteiger partial charge is 0.456 e. The number of aromatic nitrogens is 3. The Hall–Kier alpha value is -13.8. The number of hydrogen-bond donors (Lipinski definition) is 0. The maximum Gasteiger partial charge on any atom is 0.137 e. The third-order valence-corrected chi connectivity index (χ3v) is 25.1. The molecule has 0 N–H and O–H groups in total. The van der Waals surface area contributed by atoms with Crippen LogP contribution in [0.25, 0.3) is 215 Å². The lowest BCUT2D eigenvalue weighted by Crippen LogP contribution is -1.94. The Balaban J connectivity index is 0.000000106. The Morgan fingerprint density at radius 1 is 0.171 bits per heavy atom. The lowest BCUT2D eigenvalue weighted by atomic mass is 9.98. The van der Waals surface area contributed by atoms with Crippen LogP contribution in [0, 0.1) is 0 Å². The van der Waals surface area contributed by atoms with Crippen molar-refractivity contribution in [3.8, 4) is 83.8 Å². The maximum atomic E-state index is 6.23. The van der Waals surface area contributed by atoms with Crippen LogP contribution in [0.1, 0.15) is 0 Å². The normalized spacial score (nSPS) is 11.7. The Morgan fingerprint density at radius 3 is 0.974 bits per heavy atom. The number of hydrogen-bond acceptors (Lipinski definition) is 3. The quantitative estimate of drug-likeness (QED) is 0.145. The molecule has 0 radical (unpaired) electrons. The fraction of sp³-hybridized carbons (Fsp3) is 0. The van der Waals surface area contributed by atoms with Gasteiger partial charge in [0.15, 0.2) is 0 Å². The van der Waals surface area contributed by atoms with E-state index >= 15 is 0 Å². The summed E-state index contributed by atoms with van der Waals surface area (Å²) in [5.74, 6) is 0. The molecule has 0 unspecified atom stereocenters. The van der Waals surface area contributed by atoms with Gasteiger partial charge < -0.3 is 27.0 Å². The van der Waals surface area contributed by atoms with Crippen LogP contribution < -0.4 is 0 Å². The van der Waals surface area contributed by atoms with Gasteiger partial charge in [0.1, 0.15) is 33.5 Å². The highest BCUT2D eigenvalue weighted by Crippen LogP contribution is 2.45. The zero-order valence-electron chi connectivity index (χ0n) is 62.8. The standard InChI is InChI=1S/3C36H22BrNO/c37-30-14-4-1-11-26(30)25-10-7-9-23(21-25)24-19-20-32-29(22-24)27-12-2-5-15-31(27)38(32)33-16-8-18-35-36(33)28-13-3-6-17-34(28)39-35;37-32-13-4-1-10-27(32)25-9-7-8-23(20-25)24-16-19-34-31(21-24)28-11-2-5-14-33(28)38(34)26-17-18-30-29-12-3-6-15-35(29)39-36(30)22-26;37-32-13-4-1-10-27(32)25-9-7-8-23(20-25)24-16-18-34-30(21-24)28-11-2-5-14-33(28)38(34)26-17-19-36-31(22-26)29-12-3-6-15-35(29)39-36/h3*1-22H. The minimum Gasteiger partial charge on any atom is -0.456 e. The highest BCUT2D eigenvalue weighted by Gasteiger charge is 2.22. The second-order valence-electron chi connectivity index (χ2n) is 29.7. The number of halogens is 3. The summed E-state index contributed by atoms with van der Waals surface area (Å²) >= 11 is 11.1. The lowest BCUT2D eigenvalue weighted by molar-refractivity contribution is 0.668. The molecule has 0 aliphatic carbocycles. The van der Waals surface area contributed by atoms with Crippen molar-refractivity contribution < 1.29 is 13.3 Å². The summed E-state index contributed by atoms with van der Waals surface area (Å²) in [5, 5.41) is 14.3. The Bertz CT molecular complexity index is 8100. The summed E-state index contributed by atoms with van der Waals surface area (Å²) < 4.78 is 29.0. The minimum absolute atomic E-state index is 0.903. The van der Waals surface area contributed by atoms with Gasteiger partial charge in [-0.25, -0.2) is 0 Å². The van der Waals surface area contributed by atoms with E-state index in [-0.39, 0.29) is 0 Å². The van der Waals surface area contributed by atoms with Crippen molar-refractivity contribution in [1.82, 2.24) is 13.7 Å². The zero-order valence-corrected chi connectivity index (χ0v) is 67.6. The first-order valence-corrected chi connectivity index (χ1v) is 41.5. The molecular formula is C108H66Br3N3O3. The number of rotatable bonds is 9. The fourth-order valence-electron chi connectivity index (χ4n) is 17.6. The molecule has 0 aliphatic heterocycles. The van der Waals surface area contributed by atoms with Gasteiger partial charge in [-0.1, -0.05) is 290 Å². The van der Waals surface area contributed by atoms with Crippen molar-refractivity contribution in [3.63, 3.8) is 0 Å². The van der Waals surface area contributed by atoms with Crippen molar-refractivity contribution in [2.45, 2.75) is 0 Å². The summed E-state index contributed by atoms with van der Waals surface area (Å²) in [5.41, 5.74) is 30.3. The molecule has 0 atom stereocenters. The van der Waals surface area contributed by atoms with Crippen molar-refractivity contribution in [2.24, 2.45) is 0 Å². The van der Waals surface area contributed by atoms with E-state index in [1.54, 1.807) is 0 Å². The molecule has 6 aromatic heterocycles. The molecular weight excluding hydrogens is 1630 g/mol. The second-order valence-corrected chi connectivity index (χ2v) is 32.3. The van der Waals surface area contributed by atoms with E-state index in [4.69, 9.17) is 13.3 Å². The van der Waals surface area contributed by atoms with Crippen molar-refractivity contribution in [1.29, 1.82) is 0 Å². The highest BCUT2D eigenvalue weighted by molar-refractivity contribution is 9.11. The zero-order chi connectivity index (χ0) is 77.8. The first-order valence-electron chi connectivity index (χ1n) is 39.1. The van der Waals surface area contributed by atoms with Gasteiger partial charge in [-0.05, 0) is 218 Å². The van der Waals surface area contributed by atoms with Crippen LogP contribution in [-0.2, 0) is 0 Å². The van der Waals surface area contributed by atoms with Crippen molar-refractivity contribution in [2.75, 3.05) is 0 Å². The number of para-hydroxylation sites is 6. The molecule has 18 aromatic carbocycles. The maximum absolute atomic E-state index is 6.23. The summed E-state index contributed by atoms with van der Waals surface area (Å²) in [6.45, 7) is 0. The minimum atomic E-state index is 0.903. The van der Waals surface area contributed by atoms with Crippen molar-refractivity contribution in [3.05, 3.63) is 414 Å². The summed E-state index contributed by atoms with van der Waals surface area (Å²) in [7, 11) is 0. The van der Waals surface area contributed by atoms with E-state index in [1.165, 1.54) is 132 Å². The van der Waals surface area contributed by atoms with Gasteiger partial charge in [0.2, 0.25) is 0 Å². The third kappa shape index (κ3) is 12.2. The average molecular weight is 1690 g/mol. The Labute approximate surface area is 697 Å². The van der Waals surface area contributed by atoms with E-state index in [0.717, 1.165) is 96.3 Å². The first kappa shape index (κ1) is 69.9. The van der Waals surface area contributed by atoms with Crippen LogP contribution in [0.5, 0.6) is 0 Å². The molecule has 0 fully saturated rings. The monoisotopic (exact) mass is 1690 g/mol. The molecule has 9 heteroatoms. The van der Waals surface area contributed by atoms with Crippen LogP contribution in [0.3, 0.4) is 0 Å². The molecule has 0 bridgehead atoms. The summed E-state index contributed by atoms with van der Waals surface area (Å²) in [6.07, 6.45) is 0. The number of furan rings is 3. The molecule has 6 nitrogen and oxygen atoms in total. The summed E-state index contributed by atoms with van der Waals surface area (Å²) in [6, 6.07) is 142. The number of benzene rings is 18. The van der Waals surface area contributed by atoms with Gasteiger partial charge in [-0.2, -0.15) is 0 Å². The molecule has 552 valence electrons. The lowest BCUT2D eigenvalue weighted by Gasteiger charge is -2.11. The van der Waals surface area contributed by atoms with E-state index in [9.17, 15) is 0 Å². The van der Waals surface area contributed by atoms with Crippen molar-refractivity contribution >= 4 is 179 Å². The van der Waals surface area contributed by atoms with Crippen LogP contribution >= 0.6 is 47.8 Å². The van der Waals surface area contributed by atoms with Crippen LogP contribution in [-0.4, -0.2) is 13.7 Å². The Kier molecular flexibility index (Phi) is 17.3. The third-order valence-electron chi connectivity index (χ3n) is 23.0. The molecule has 117 heavy (non-hydrogen) atoms. The molecule has 0 amide bonds. The first-order chi connectivity index (χ1) is 57.7. The SMILES string of the molecule is Brc1ccccc1-c1cccc(-c2ccc3c(c2)c2ccccc2n3-c2ccc3c(c2)oc2ccccc23)c1.Brc1ccccc1-c1cccc(-c2ccc3c(c2)c2ccccc2n3-c2ccc3oc4ccccc4c3c2)c1.Brc1ccccc1-c1cccc(-c2ccc3c(c2)c2ccccc2n3-c2cccc3oc4ccccc4c23)c1. The van der Waals surface area contributed by atoms with Gasteiger partial charge in [0.05, 0.1) is 44.2 Å². The molecule has 0 saturated carbocycles. The van der Waals surface area contributed by atoms with Crippen LogP contribution in [0.15, 0.2) is 427 Å². The molecule has 24 rings (SSSR count). The van der Waals surface area contributed by atoms with Gasteiger partial charge in [-0.15, -0.1) is 0 Å². The van der Waals surface area contributed by atoms with E-state index in [0.29, 0.717) is 0 Å².